The van der Waals surface area contributed by atoms with Crippen LogP contribution in [0.2, 0.25) is 0 Å². The number of ether oxygens (including phenoxy) is 1. The second-order valence-electron chi connectivity index (χ2n) is 5.37. The topological polar surface area (TPSA) is 59.1 Å². The number of nitrogens with one attached hydrogen (secondary N) is 2. The van der Waals surface area contributed by atoms with Gasteiger partial charge in [-0.1, -0.05) is 12.1 Å². The normalized spacial score (nSPS) is 10.2. The monoisotopic (exact) mass is 320 g/mol. The maximum absolute atomic E-state index is 5.44. The fourth-order valence-electron chi connectivity index (χ4n) is 2.31. The van der Waals surface area contributed by atoms with E-state index in [4.69, 9.17) is 4.74 Å². The van der Waals surface area contributed by atoms with E-state index in [1.54, 1.807) is 0 Å². The zero-order valence-corrected chi connectivity index (χ0v) is 13.8. The molecule has 2 aromatic carbocycles. The molecule has 0 aliphatic carbocycles. The first-order valence-electron chi connectivity index (χ1n) is 7.88. The van der Waals surface area contributed by atoms with E-state index >= 15 is 0 Å². The Morgan fingerprint density at radius 1 is 0.875 bits per heavy atom. The fraction of sp³-hybridized carbons (Fsp3) is 0.158. The van der Waals surface area contributed by atoms with Gasteiger partial charge in [-0.05, 0) is 55.8 Å². The second-order valence-corrected chi connectivity index (χ2v) is 5.37. The van der Waals surface area contributed by atoms with Crippen LogP contribution in [-0.2, 0) is 0 Å². The van der Waals surface area contributed by atoms with Crippen LogP contribution in [0.25, 0.3) is 0 Å². The third-order valence-corrected chi connectivity index (χ3v) is 3.40. The van der Waals surface area contributed by atoms with Gasteiger partial charge in [0.05, 0.1) is 6.61 Å². The predicted molar refractivity (Wildman–Crippen MR) is 97.4 cm³/mol. The second kappa shape index (κ2) is 7.46. The molecule has 0 amide bonds. The molecule has 3 aromatic rings. The molecule has 0 radical (unpaired) electrons. The molecular formula is C19H20N4O. The molecule has 24 heavy (non-hydrogen) atoms. The Bertz CT molecular complexity index is 802. The molecule has 0 saturated carbocycles. The van der Waals surface area contributed by atoms with Crippen LogP contribution >= 0.6 is 0 Å². The molecule has 122 valence electrons. The van der Waals surface area contributed by atoms with Gasteiger partial charge in [0.25, 0.3) is 0 Å². The van der Waals surface area contributed by atoms with Crippen LogP contribution in [0.4, 0.5) is 23.0 Å². The van der Waals surface area contributed by atoms with Gasteiger partial charge in [-0.25, -0.2) is 9.97 Å². The summed E-state index contributed by atoms with van der Waals surface area (Å²) in [5.74, 6) is 2.32. The number of hydrogen-bond acceptors (Lipinski definition) is 5. The van der Waals surface area contributed by atoms with Crippen molar-refractivity contribution in [1.82, 2.24) is 9.97 Å². The molecule has 2 N–H and O–H groups in total. The largest absolute Gasteiger partial charge is 0.494 e. The minimum absolute atomic E-state index is 0.659. The molecule has 3 rings (SSSR count). The zero-order chi connectivity index (χ0) is 16.8. The van der Waals surface area contributed by atoms with Gasteiger partial charge in [0.1, 0.15) is 23.7 Å². The highest BCUT2D eigenvalue weighted by atomic mass is 16.5. The summed E-state index contributed by atoms with van der Waals surface area (Å²) in [5.41, 5.74) is 3.14. The molecule has 5 heteroatoms. The van der Waals surface area contributed by atoms with Crippen molar-refractivity contribution in [3.05, 3.63) is 66.5 Å². The summed E-state index contributed by atoms with van der Waals surface area (Å²) in [6.45, 7) is 4.69. The van der Waals surface area contributed by atoms with E-state index in [0.29, 0.717) is 6.61 Å². The maximum Gasteiger partial charge on any atom is 0.135 e. The number of nitrogens with zero attached hydrogens (tertiary/aromatic N) is 2. The van der Waals surface area contributed by atoms with E-state index < -0.39 is 0 Å². The summed E-state index contributed by atoms with van der Waals surface area (Å²) in [7, 11) is 0. The van der Waals surface area contributed by atoms with Crippen LogP contribution in [0.5, 0.6) is 5.75 Å². The van der Waals surface area contributed by atoms with Gasteiger partial charge in [0, 0.05) is 17.4 Å². The fourth-order valence-corrected chi connectivity index (χ4v) is 2.31. The highest BCUT2D eigenvalue weighted by molar-refractivity contribution is 5.63. The first-order chi connectivity index (χ1) is 11.7. The highest BCUT2D eigenvalue weighted by Gasteiger charge is 2.01. The average Bonchev–Trinajstić information content (AvgIpc) is 2.57. The maximum atomic E-state index is 5.44. The third-order valence-electron chi connectivity index (χ3n) is 3.40. The van der Waals surface area contributed by atoms with Crippen molar-refractivity contribution in [1.29, 1.82) is 0 Å². The summed E-state index contributed by atoms with van der Waals surface area (Å²) >= 11 is 0. The number of aryl methyl sites for hydroxylation is 1. The summed E-state index contributed by atoms with van der Waals surface area (Å²) in [6.07, 6.45) is 1.54. The molecule has 0 aliphatic heterocycles. The van der Waals surface area contributed by atoms with E-state index in [-0.39, 0.29) is 0 Å². The van der Waals surface area contributed by atoms with E-state index in [2.05, 4.69) is 39.7 Å². The van der Waals surface area contributed by atoms with Gasteiger partial charge in [-0.2, -0.15) is 0 Å². The van der Waals surface area contributed by atoms with Crippen molar-refractivity contribution in [2.45, 2.75) is 13.8 Å². The quantitative estimate of drug-likeness (QED) is 0.691. The lowest BCUT2D eigenvalue weighted by Gasteiger charge is -2.10. The van der Waals surface area contributed by atoms with E-state index in [1.165, 1.54) is 11.9 Å². The van der Waals surface area contributed by atoms with Crippen molar-refractivity contribution in [2.75, 3.05) is 17.2 Å². The number of hydrogen-bond donors (Lipinski definition) is 2. The minimum Gasteiger partial charge on any atom is -0.494 e. The van der Waals surface area contributed by atoms with Gasteiger partial charge in [0.2, 0.25) is 0 Å². The molecule has 0 saturated heterocycles. The Balaban J connectivity index is 1.70. The number of benzene rings is 2. The van der Waals surface area contributed by atoms with E-state index in [0.717, 1.165) is 28.8 Å². The van der Waals surface area contributed by atoms with Crippen molar-refractivity contribution in [2.24, 2.45) is 0 Å². The Labute approximate surface area is 141 Å². The number of anilines is 4. The predicted octanol–water partition coefficient (Wildman–Crippen LogP) is 4.67. The van der Waals surface area contributed by atoms with Gasteiger partial charge in [-0.15, -0.1) is 0 Å². The van der Waals surface area contributed by atoms with Gasteiger partial charge < -0.3 is 15.4 Å². The van der Waals surface area contributed by atoms with Crippen molar-refractivity contribution in [3.63, 3.8) is 0 Å². The standard InChI is InChI=1S/C19H20N4O/c1-3-24-17-9-7-15(8-10-17)22-18-12-19(21-13-20-18)23-16-6-4-5-14(2)11-16/h4-13H,3H2,1-2H3,(H2,20,21,22,23). The highest BCUT2D eigenvalue weighted by Crippen LogP contribution is 2.21. The number of rotatable bonds is 6. The van der Waals surface area contributed by atoms with Crippen molar-refractivity contribution in [3.8, 4) is 5.75 Å². The van der Waals surface area contributed by atoms with Gasteiger partial charge in [0.15, 0.2) is 0 Å². The third kappa shape index (κ3) is 4.23. The molecule has 5 nitrogen and oxygen atoms in total. The first-order valence-corrected chi connectivity index (χ1v) is 7.88. The van der Waals surface area contributed by atoms with Crippen LogP contribution < -0.4 is 15.4 Å². The van der Waals surface area contributed by atoms with Crippen LogP contribution in [0.3, 0.4) is 0 Å². The molecular weight excluding hydrogens is 300 g/mol. The SMILES string of the molecule is CCOc1ccc(Nc2cc(Nc3cccc(C)c3)ncn2)cc1. The first kappa shape index (κ1) is 15.8. The molecule has 0 atom stereocenters. The number of aromatic nitrogens is 2. The molecule has 1 heterocycles. The smallest absolute Gasteiger partial charge is 0.135 e. The van der Waals surface area contributed by atoms with E-state index in [1.807, 2.05) is 49.4 Å². The Kier molecular flexibility index (Phi) is 4.91. The summed E-state index contributed by atoms with van der Waals surface area (Å²) in [5, 5.41) is 6.55. The lowest BCUT2D eigenvalue weighted by molar-refractivity contribution is 0.340. The zero-order valence-electron chi connectivity index (χ0n) is 13.8. The minimum atomic E-state index is 0.659. The van der Waals surface area contributed by atoms with Crippen LogP contribution in [-0.4, -0.2) is 16.6 Å². The Morgan fingerprint density at radius 2 is 1.58 bits per heavy atom. The molecule has 0 spiro atoms. The van der Waals surface area contributed by atoms with Crippen LogP contribution in [0, 0.1) is 6.92 Å². The van der Waals surface area contributed by atoms with Crippen LogP contribution in [0.1, 0.15) is 12.5 Å². The molecule has 1 aromatic heterocycles. The summed E-state index contributed by atoms with van der Waals surface area (Å²) in [4.78, 5) is 8.52. The molecule has 0 bridgehead atoms. The summed E-state index contributed by atoms with van der Waals surface area (Å²) < 4.78 is 5.44. The Hall–Kier alpha value is -3.08. The molecule has 0 unspecified atom stereocenters. The van der Waals surface area contributed by atoms with E-state index in [9.17, 15) is 0 Å². The van der Waals surface area contributed by atoms with Gasteiger partial charge in [-0.3, -0.25) is 0 Å². The van der Waals surface area contributed by atoms with Crippen LogP contribution in [0.15, 0.2) is 60.9 Å². The molecule has 0 fully saturated rings. The van der Waals surface area contributed by atoms with Gasteiger partial charge >= 0.3 is 0 Å². The van der Waals surface area contributed by atoms with Crippen molar-refractivity contribution < 1.29 is 4.74 Å². The summed E-state index contributed by atoms with van der Waals surface area (Å²) in [6, 6.07) is 17.8. The van der Waals surface area contributed by atoms with Crippen molar-refractivity contribution >= 4 is 23.0 Å². The lowest BCUT2D eigenvalue weighted by atomic mass is 10.2. The molecule has 0 aliphatic rings. The lowest BCUT2D eigenvalue weighted by Crippen LogP contribution is -1.99. The average molecular weight is 320 g/mol. The Morgan fingerprint density at radius 3 is 2.25 bits per heavy atom.